The second-order valence-corrected chi connectivity index (χ2v) is 3.44. The summed E-state index contributed by atoms with van der Waals surface area (Å²) in [4.78, 5) is 13.3. The van der Waals surface area contributed by atoms with Crippen LogP contribution < -0.4 is 0 Å². The molecule has 0 aliphatic rings. The average molecular weight is 217 g/mol. The maximum Gasteiger partial charge on any atom is 0.277 e. The number of hydrogen-bond acceptors (Lipinski definition) is 4. The Kier molecular flexibility index (Phi) is 2.95. The third-order valence-corrected chi connectivity index (χ3v) is 2.19. The minimum atomic E-state index is -0.204. The van der Waals surface area contributed by atoms with Crippen molar-refractivity contribution in [3.63, 3.8) is 0 Å². The first-order valence-electron chi connectivity index (χ1n) is 4.84. The first kappa shape index (κ1) is 10.4. The molecule has 0 saturated carbocycles. The zero-order valence-corrected chi connectivity index (χ0v) is 8.83. The summed E-state index contributed by atoms with van der Waals surface area (Å²) in [6.07, 6.45) is 1.31. The molecular formula is C11H11N3O2. The number of aromatic nitrogens is 2. The van der Waals surface area contributed by atoms with Crippen molar-refractivity contribution < 1.29 is 9.42 Å². The maximum absolute atomic E-state index is 11.8. The lowest BCUT2D eigenvalue weighted by Crippen LogP contribution is -2.26. The van der Waals surface area contributed by atoms with Crippen molar-refractivity contribution in [2.45, 2.75) is 6.54 Å². The zero-order chi connectivity index (χ0) is 11.4. The SMILES string of the molecule is CN(Cc1ccccc1)C(=O)c1cnon1. The van der Waals surface area contributed by atoms with Gasteiger partial charge in [-0.2, -0.15) is 0 Å². The predicted octanol–water partition coefficient (Wildman–Crippen LogP) is 1.34. The number of nitrogens with zero attached hydrogens (tertiary/aromatic N) is 3. The van der Waals surface area contributed by atoms with Gasteiger partial charge in [0, 0.05) is 13.6 Å². The molecule has 0 N–H and O–H groups in total. The van der Waals surface area contributed by atoms with Gasteiger partial charge < -0.3 is 4.90 Å². The van der Waals surface area contributed by atoms with E-state index in [0.717, 1.165) is 5.56 Å². The fourth-order valence-corrected chi connectivity index (χ4v) is 1.38. The molecule has 1 aromatic heterocycles. The van der Waals surface area contributed by atoms with Crippen LogP contribution in [0.4, 0.5) is 0 Å². The molecule has 0 fully saturated rings. The van der Waals surface area contributed by atoms with E-state index in [0.29, 0.717) is 6.54 Å². The van der Waals surface area contributed by atoms with E-state index in [1.807, 2.05) is 30.3 Å². The van der Waals surface area contributed by atoms with Gasteiger partial charge in [0.05, 0.1) is 0 Å². The van der Waals surface area contributed by atoms with E-state index in [1.165, 1.54) is 6.20 Å². The topological polar surface area (TPSA) is 59.2 Å². The van der Waals surface area contributed by atoms with Crippen molar-refractivity contribution in [1.82, 2.24) is 15.2 Å². The number of carbonyl (C=O) groups is 1. The summed E-state index contributed by atoms with van der Waals surface area (Å²) < 4.78 is 4.39. The molecule has 5 nitrogen and oxygen atoms in total. The first-order valence-corrected chi connectivity index (χ1v) is 4.84. The van der Waals surface area contributed by atoms with Crippen molar-refractivity contribution in [3.8, 4) is 0 Å². The van der Waals surface area contributed by atoms with Crippen molar-refractivity contribution >= 4 is 5.91 Å². The summed E-state index contributed by atoms with van der Waals surface area (Å²) in [7, 11) is 1.71. The number of hydrogen-bond donors (Lipinski definition) is 0. The molecule has 0 aliphatic carbocycles. The van der Waals surface area contributed by atoms with Gasteiger partial charge in [0.25, 0.3) is 5.91 Å². The molecule has 0 unspecified atom stereocenters. The molecular weight excluding hydrogens is 206 g/mol. The summed E-state index contributed by atoms with van der Waals surface area (Å²) in [5, 5.41) is 6.90. The largest absolute Gasteiger partial charge is 0.336 e. The maximum atomic E-state index is 11.8. The third kappa shape index (κ3) is 2.25. The molecule has 2 rings (SSSR count). The summed E-state index contributed by atoms with van der Waals surface area (Å²) in [5.41, 5.74) is 1.29. The van der Waals surface area contributed by atoms with Gasteiger partial charge in [-0.05, 0) is 10.7 Å². The van der Waals surface area contributed by atoms with Crippen molar-refractivity contribution in [1.29, 1.82) is 0 Å². The molecule has 16 heavy (non-hydrogen) atoms. The summed E-state index contributed by atoms with van der Waals surface area (Å²) in [5.74, 6) is -0.204. The van der Waals surface area contributed by atoms with Gasteiger partial charge in [0.2, 0.25) is 0 Å². The minimum absolute atomic E-state index is 0.204. The van der Waals surface area contributed by atoms with E-state index in [-0.39, 0.29) is 11.6 Å². The van der Waals surface area contributed by atoms with Crippen molar-refractivity contribution in [2.75, 3.05) is 7.05 Å². The molecule has 82 valence electrons. The van der Waals surface area contributed by atoms with Gasteiger partial charge in [0.1, 0.15) is 6.20 Å². The highest BCUT2D eigenvalue weighted by atomic mass is 16.6. The fraction of sp³-hybridized carbons (Fsp3) is 0.182. The minimum Gasteiger partial charge on any atom is -0.336 e. The lowest BCUT2D eigenvalue weighted by molar-refractivity contribution is 0.0774. The number of carbonyl (C=O) groups excluding carboxylic acids is 1. The Morgan fingerprint density at radius 3 is 2.75 bits per heavy atom. The highest BCUT2D eigenvalue weighted by molar-refractivity contribution is 5.91. The average Bonchev–Trinajstić information content (AvgIpc) is 2.83. The van der Waals surface area contributed by atoms with Crippen LogP contribution in [0.5, 0.6) is 0 Å². The third-order valence-electron chi connectivity index (χ3n) is 2.19. The second-order valence-electron chi connectivity index (χ2n) is 3.44. The summed E-state index contributed by atoms with van der Waals surface area (Å²) in [6, 6.07) is 9.74. The van der Waals surface area contributed by atoms with Crippen LogP contribution in [-0.4, -0.2) is 28.2 Å². The predicted molar refractivity (Wildman–Crippen MR) is 56.5 cm³/mol. The number of benzene rings is 1. The molecule has 5 heteroatoms. The highest BCUT2D eigenvalue weighted by Gasteiger charge is 2.15. The van der Waals surface area contributed by atoms with Crippen LogP contribution in [0.3, 0.4) is 0 Å². The van der Waals surface area contributed by atoms with Crippen LogP contribution >= 0.6 is 0 Å². The lowest BCUT2D eigenvalue weighted by Gasteiger charge is -2.15. The summed E-state index contributed by atoms with van der Waals surface area (Å²) >= 11 is 0. The smallest absolute Gasteiger partial charge is 0.277 e. The van der Waals surface area contributed by atoms with Crippen LogP contribution in [0.2, 0.25) is 0 Å². The Bertz CT molecular complexity index is 453. The van der Waals surface area contributed by atoms with Crippen LogP contribution in [-0.2, 0) is 6.54 Å². The molecule has 0 saturated heterocycles. The molecule has 0 radical (unpaired) electrons. The number of amides is 1. The Balaban J connectivity index is 2.04. The van der Waals surface area contributed by atoms with Gasteiger partial charge in [-0.1, -0.05) is 35.5 Å². The monoisotopic (exact) mass is 217 g/mol. The van der Waals surface area contributed by atoms with E-state index in [4.69, 9.17) is 0 Å². The molecule has 1 aromatic carbocycles. The van der Waals surface area contributed by atoms with Crippen LogP contribution in [0.1, 0.15) is 16.1 Å². The number of rotatable bonds is 3. The fourth-order valence-electron chi connectivity index (χ4n) is 1.38. The van der Waals surface area contributed by atoms with Crippen molar-refractivity contribution in [2.24, 2.45) is 0 Å². The van der Waals surface area contributed by atoms with Crippen LogP contribution in [0.25, 0.3) is 0 Å². The summed E-state index contributed by atoms with van der Waals surface area (Å²) in [6.45, 7) is 0.534. The Morgan fingerprint density at radius 2 is 2.12 bits per heavy atom. The Labute approximate surface area is 92.6 Å². The lowest BCUT2D eigenvalue weighted by atomic mass is 10.2. The molecule has 0 spiro atoms. The Morgan fingerprint density at radius 1 is 1.38 bits per heavy atom. The van der Waals surface area contributed by atoms with E-state index in [1.54, 1.807) is 11.9 Å². The van der Waals surface area contributed by atoms with Gasteiger partial charge in [-0.15, -0.1) is 0 Å². The molecule has 0 bridgehead atoms. The first-order chi connectivity index (χ1) is 7.77. The van der Waals surface area contributed by atoms with Crippen LogP contribution in [0, 0.1) is 0 Å². The zero-order valence-electron chi connectivity index (χ0n) is 8.83. The highest BCUT2D eigenvalue weighted by Crippen LogP contribution is 2.05. The van der Waals surface area contributed by atoms with E-state index < -0.39 is 0 Å². The molecule has 0 atom stereocenters. The molecule has 1 heterocycles. The van der Waals surface area contributed by atoms with Gasteiger partial charge in [-0.25, -0.2) is 4.63 Å². The van der Waals surface area contributed by atoms with E-state index >= 15 is 0 Å². The van der Waals surface area contributed by atoms with Crippen LogP contribution in [0.15, 0.2) is 41.2 Å². The second kappa shape index (κ2) is 4.57. The van der Waals surface area contributed by atoms with E-state index in [9.17, 15) is 4.79 Å². The van der Waals surface area contributed by atoms with E-state index in [2.05, 4.69) is 14.9 Å². The molecule has 2 aromatic rings. The molecule has 0 aliphatic heterocycles. The standard InChI is InChI=1S/C11H11N3O2/c1-14(8-9-5-3-2-4-6-9)11(15)10-7-12-16-13-10/h2-7H,8H2,1H3. The van der Waals surface area contributed by atoms with Crippen molar-refractivity contribution in [3.05, 3.63) is 47.8 Å². The normalized spacial score (nSPS) is 10.1. The quantitative estimate of drug-likeness (QED) is 0.778. The molecule has 1 amide bonds. The van der Waals surface area contributed by atoms with Gasteiger partial charge in [-0.3, -0.25) is 4.79 Å². The Hall–Kier alpha value is -2.17. The van der Waals surface area contributed by atoms with Gasteiger partial charge >= 0.3 is 0 Å². The van der Waals surface area contributed by atoms with Gasteiger partial charge in [0.15, 0.2) is 5.69 Å².